The highest BCUT2D eigenvalue weighted by Gasteiger charge is 2.17. The Labute approximate surface area is 101 Å². The maximum atomic E-state index is 10.2. The highest BCUT2D eigenvalue weighted by atomic mass is 16.3. The fourth-order valence-corrected chi connectivity index (χ4v) is 2.40. The van der Waals surface area contributed by atoms with Crippen molar-refractivity contribution in [2.24, 2.45) is 7.05 Å². The number of aliphatic hydroxyl groups excluding tert-OH is 2. The van der Waals surface area contributed by atoms with Crippen LogP contribution < -0.4 is 0 Å². The van der Waals surface area contributed by atoms with Gasteiger partial charge in [0.2, 0.25) is 0 Å². The number of fused-ring (bicyclic) bond motifs is 1. The molecule has 92 valence electrons. The first-order chi connectivity index (χ1) is 8.16. The standard InChI is InChI=1S/C14H19NO2/c1-10-14(13(17)8-5-9-16)11-6-3-4-7-12(11)15(10)2/h3-4,6-7,13,16-17H,5,8-9H2,1-2H3. The number of rotatable bonds is 4. The van der Waals surface area contributed by atoms with E-state index in [-0.39, 0.29) is 6.61 Å². The lowest BCUT2D eigenvalue weighted by Crippen LogP contribution is -2.01. The predicted octanol–water partition coefficient (Wildman–Crippen LogP) is 2.29. The number of hydrogen-bond acceptors (Lipinski definition) is 2. The average molecular weight is 233 g/mol. The first-order valence-corrected chi connectivity index (χ1v) is 5.99. The average Bonchev–Trinajstić information content (AvgIpc) is 2.60. The van der Waals surface area contributed by atoms with E-state index in [0.717, 1.165) is 22.2 Å². The van der Waals surface area contributed by atoms with Gasteiger partial charge in [0, 0.05) is 35.8 Å². The van der Waals surface area contributed by atoms with Gasteiger partial charge < -0.3 is 14.8 Å². The summed E-state index contributed by atoms with van der Waals surface area (Å²) in [5.41, 5.74) is 3.23. The van der Waals surface area contributed by atoms with Crippen LogP contribution in [0.15, 0.2) is 24.3 Å². The molecule has 0 aliphatic carbocycles. The number of aromatic nitrogens is 1. The quantitative estimate of drug-likeness (QED) is 0.851. The van der Waals surface area contributed by atoms with E-state index in [2.05, 4.69) is 10.6 Å². The summed E-state index contributed by atoms with van der Waals surface area (Å²) in [7, 11) is 2.01. The molecule has 1 aromatic heterocycles. The monoisotopic (exact) mass is 233 g/mol. The van der Waals surface area contributed by atoms with Crippen molar-refractivity contribution in [2.75, 3.05) is 6.61 Å². The van der Waals surface area contributed by atoms with E-state index < -0.39 is 6.10 Å². The van der Waals surface area contributed by atoms with E-state index in [1.807, 2.05) is 32.2 Å². The molecule has 2 N–H and O–H groups in total. The fourth-order valence-electron chi connectivity index (χ4n) is 2.40. The van der Waals surface area contributed by atoms with Gasteiger partial charge in [-0.3, -0.25) is 0 Å². The molecule has 0 spiro atoms. The zero-order valence-electron chi connectivity index (χ0n) is 10.3. The van der Waals surface area contributed by atoms with Gasteiger partial charge in [-0.2, -0.15) is 0 Å². The minimum absolute atomic E-state index is 0.126. The molecule has 1 unspecified atom stereocenters. The molecule has 0 radical (unpaired) electrons. The van der Waals surface area contributed by atoms with Crippen LogP contribution in [0.2, 0.25) is 0 Å². The van der Waals surface area contributed by atoms with Crippen LogP contribution in [0.25, 0.3) is 10.9 Å². The van der Waals surface area contributed by atoms with Crippen LogP contribution >= 0.6 is 0 Å². The van der Waals surface area contributed by atoms with Gasteiger partial charge in [0.15, 0.2) is 0 Å². The highest BCUT2D eigenvalue weighted by molar-refractivity contribution is 5.85. The maximum Gasteiger partial charge on any atom is 0.0814 e. The van der Waals surface area contributed by atoms with Crippen LogP contribution in [0.1, 0.15) is 30.2 Å². The summed E-state index contributed by atoms with van der Waals surface area (Å²) in [6.45, 7) is 2.15. The second-order valence-electron chi connectivity index (χ2n) is 4.46. The second kappa shape index (κ2) is 4.90. The first kappa shape index (κ1) is 12.1. The number of aliphatic hydroxyl groups is 2. The smallest absolute Gasteiger partial charge is 0.0814 e. The summed E-state index contributed by atoms with van der Waals surface area (Å²) in [4.78, 5) is 0. The molecular formula is C14H19NO2. The second-order valence-corrected chi connectivity index (χ2v) is 4.46. The third kappa shape index (κ3) is 2.08. The Morgan fingerprint density at radius 3 is 2.71 bits per heavy atom. The van der Waals surface area contributed by atoms with E-state index >= 15 is 0 Å². The van der Waals surface area contributed by atoms with Crippen molar-refractivity contribution in [1.29, 1.82) is 0 Å². The summed E-state index contributed by atoms with van der Waals surface area (Å²) >= 11 is 0. The van der Waals surface area contributed by atoms with E-state index in [0.29, 0.717) is 12.8 Å². The van der Waals surface area contributed by atoms with Gasteiger partial charge in [-0.05, 0) is 25.8 Å². The minimum Gasteiger partial charge on any atom is -0.396 e. The molecule has 1 heterocycles. The molecule has 3 nitrogen and oxygen atoms in total. The predicted molar refractivity (Wildman–Crippen MR) is 68.9 cm³/mol. The molecule has 0 bridgehead atoms. The van der Waals surface area contributed by atoms with Crippen molar-refractivity contribution >= 4 is 10.9 Å². The zero-order chi connectivity index (χ0) is 12.4. The van der Waals surface area contributed by atoms with E-state index in [1.54, 1.807) is 0 Å². The Morgan fingerprint density at radius 1 is 1.29 bits per heavy atom. The van der Waals surface area contributed by atoms with Crippen LogP contribution in [0.5, 0.6) is 0 Å². The van der Waals surface area contributed by atoms with Gasteiger partial charge in [0.05, 0.1) is 6.10 Å². The fraction of sp³-hybridized carbons (Fsp3) is 0.429. The SMILES string of the molecule is Cc1c(C(O)CCCO)c2ccccc2n1C. The number of benzene rings is 1. The molecular weight excluding hydrogens is 214 g/mol. The van der Waals surface area contributed by atoms with Crippen LogP contribution in [0.4, 0.5) is 0 Å². The van der Waals surface area contributed by atoms with E-state index in [4.69, 9.17) is 5.11 Å². The summed E-state index contributed by atoms with van der Waals surface area (Å²) in [5, 5.41) is 20.2. The third-order valence-corrected chi connectivity index (χ3v) is 3.42. The lowest BCUT2D eigenvalue weighted by atomic mass is 10.0. The van der Waals surface area contributed by atoms with Crippen LogP contribution in [-0.2, 0) is 7.05 Å². The Hall–Kier alpha value is -1.32. The van der Waals surface area contributed by atoms with Crippen molar-refractivity contribution < 1.29 is 10.2 Å². The van der Waals surface area contributed by atoms with Crippen molar-refractivity contribution in [2.45, 2.75) is 25.9 Å². The molecule has 3 heteroatoms. The molecule has 2 aromatic rings. The van der Waals surface area contributed by atoms with Crippen molar-refractivity contribution in [3.63, 3.8) is 0 Å². The van der Waals surface area contributed by atoms with E-state index in [1.165, 1.54) is 0 Å². The molecule has 0 fully saturated rings. The van der Waals surface area contributed by atoms with Crippen LogP contribution in [-0.4, -0.2) is 21.4 Å². The highest BCUT2D eigenvalue weighted by Crippen LogP contribution is 2.31. The largest absolute Gasteiger partial charge is 0.396 e. The maximum absolute atomic E-state index is 10.2. The number of hydrogen-bond donors (Lipinski definition) is 2. The lowest BCUT2D eigenvalue weighted by molar-refractivity contribution is 0.152. The van der Waals surface area contributed by atoms with Gasteiger partial charge in [0.25, 0.3) is 0 Å². The molecule has 2 rings (SSSR count). The van der Waals surface area contributed by atoms with Gasteiger partial charge in [0.1, 0.15) is 0 Å². The summed E-state index contributed by atoms with van der Waals surface area (Å²) in [5.74, 6) is 0. The molecule has 0 saturated heterocycles. The van der Waals surface area contributed by atoms with Crippen LogP contribution in [0.3, 0.4) is 0 Å². The van der Waals surface area contributed by atoms with Gasteiger partial charge >= 0.3 is 0 Å². The first-order valence-electron chi connectivity index (χ1n) is 5.99. The Bertz CT molecular complexity index is 516. The normalized spacial score (nSPS) is 13.2. The molecule has 0 amide bonds. The molecule has 0 aliphatic rings. The van der Waals surface area contributed by atoms with Gasteiger partial charge in [-0.15, -0.1) is 0 Å². The lowest BCUT2D eigenvalue weighted by Gasteiger charge is -2.10. The third-order valence-electron chi connectivity index (χ3n) is 3.42. The Kier molecular flexibility index (Phi) is 3.50. The number of aryl methyl sites for hydroxylation is 1. The van der Waals surface area contributed by atoms with Crippen molar-refractivity contribution in [1.82, 2.24) is 4.57 Å². The molecule has 17 heavy (non-hydrogen) atoms. The molecule has 1 atom stereocenters. The van der Waals surface area contributed by atoms with Crippen molar-refractivity contribution in [3.8, 4) is 0 Å². The molecule has 0 saturated carbocycles. The topological polar surface area (TPSA) is 45.4 Å². The van der Waals surface area contributed by atoms with Gasteiger partial charge in [-0.1, -0.05) is 18.2 Å². The van der Waals surface area contributed by atoms with E-state index in [9.17, 15) is 5.11 Å². The summed E-state index contributed by atoms with van der Waals surface area (Å²) in [6, 6.07) is 8.10. The molecule has 0 aliphatic heterocycles. The van der Waals surface area contributed by atoms with Crippen LogP contribution in [0, 0.1) is 6.92 Å². The number of nitrogens with zero attached hydrogens (tertiary/aromatic N) is 1. The Balaban J connectivity index is 2.49. The van der Waals surface area contributed by atoms with Gasteiger partial charge in [-0.25, -0.2) is 0 Å². The summed E-state index contributed by atoms with van der Waals surface area (Å²) < 4.78 is 2.10. The zero-order valence-corrected chi connectivity index (χ0v) is 10.3. The number of para-hydroxylation sites is 1. The molecule has 1 aromatic carbocycles. The summed E-state index contributed by atoms with van der Waals surface area (Å²) in [6.07, 6.45) is 0.739. The minimum atomic E-state index is -0.492. The van der Waals surface area contributed by atoms with Crippen molar-refractivity contribution in [3.05, 3.63) is 35.5 Å². The Morgan fingerprint density at radius 2 is 2.00 bits per heavy atom.